The minimum atomic E-state index is -3.99. The third kappa shape index (κ3) is 6.02. The van der Waals surface area contributed by atoms with Gasteiger partial charge in [0.05, 0.1) is 23.7 Å². The van der Waals surface area contributed by atoms with Crippen LogP contribution in [0, 0.1) is 0 Å². The van der Waals surface area contributed by atoms with E-state index in [0.717, 1.165) is 5.56 Å². The van der Waals surface area contributed by atoms with Gasteiger partial charge in [0.25, 0.3) is 15.9 Å². The highest BCUT2D eigenvalue weighted by atomic mass is 32.2. The van der Waals surface area contributed by atoms with Gasteiger partial charge in [-0.2, -0.15) is 0 Å². The summed E-state index contributed by atoms with van der Waals surface area (Å²) in [4.78, 5) is 26.4. The van der Waals surface area contributed by atoms with Crippen LogP contribution in [-0.4, -0.2) is 44.8 Å². The maximum absolute atomic E-state index is 13.8. The highest BCUT2D eigenvalue weighted by molar-refractivity contribution is 7.92. The number of amides is 2. The van der Waals surface area contributed by atoms with Crippen molar-refractivity contribution in [2.24, 2.45) is 0 Å². The van der Waals surface area contributed by atoms with Gasteiger partial charge in [-0.05, 0) is 49.7 Å². The van der Waals surface area contributed by atoms with Crippen molar-refractivity contribution in [3.8, 4) is 0 Å². The molecule has 2 amide bonds. The average molecular weight is 480 g/mol. The van der Waals surface area contributed by atoms with Crippen LogP contribution in [0.2, 0.25) is 0 Å². The Bertz CT molecular complexity index is 1220. The number of benzene rings is 3. The van der Waals surface area contributed by atoms with Gasteiger partial charge in [0.15, 0.2) is 0 Å². The Morgan fingerprint density at radius 1 is 0.853 bits per heavy atom. The molecule has 0 saturated heterocycles. The fourth-order valence-electron chi connectivity index (χ4n) is 3.51. The summed E-state index contributed by atoms with van der Waals surface area (Å²) in [6, 6.07) is 24.1. The molecule has 0 aliphatic carbocycles. The van der Waals surface area contributed by atoms with Gasteiger partial charge in [0, 0.05) is 18.7 Å². The molecule has 1 N–H and O–H groups in total. The molecule has 0 radical (unpaired) electrons. The maximum atomic E-state index is 13.8. The van der Waals surface area contributed by atoms with Crippen LogP contribution in [0.5, 0.6) is 0 Å². The summed E-state index contributed by atoms with van der Waals surface area (Å²) in [5, 5.41) is 2.67. The van der Waals surface area contributed by atoms with E-state index in [4.69, 9.17) is 0 Å². The molecule has 3 aromatic carbocycles. The molecule has 0 unspecified atom stereocenters. The molecule has 7 nitrogen and oxygen atoms in total. The predicted octanol–water partition coefficient (Wildman–Crippen LogP) is 3.68. The predicted molar refractivity (Wildman–Crippen MR) is 133 cm³/mol. The van der Waals surface area contributed by atoms with E-state index in [1.165, 1.54) is 21.3 Å². The van der Waals surface area contributed by atoms with Gasteiger partial charge < -0.3 is 10.2 Å². The number of hydrogen-bond acceptors (Lipinski definition) is 4. The first-order valence-corrected chi connectivity index (χ1v) is 12.6. The van der Waals surface area contributed by atoms with E-state index < -0.39 is 15.9 Å². The van der Waals surface area contributed by atoms with E-state index in [1.54, 1.807) is 50.2 Å². The van der Waals surface area contributed by atoms with E-state index in [1.807, 2.05) is 36.4 Å². The molecule has 0 saturated carbocycles. The average Bonchev–Trinajstić information content (AvgIpc) is 2.86. The molecule has 3 aromatic rings. The SMILES string of the molecule is CCNC(=O)CN(CC)C(=O)c1cccc(S(=O)(=O)N(Cc2ccccc2)c2ccccc2)c1. The summed E-state index contributed by atoms with van der Waals surface area (Å²) in [6.07, 6.45) is 0. The Hall–Kier alpha value is -3.65. The normalized spacial score (nSPS) is 11.0. The monoisotopic (exact) mass is 479 g/mol. The smallest absolute Gasteiger partial charge is 0.264 e. The lowest BCUT2D eigenvalue weighted by atomic mass is 10.2. The molecule has 0 heterocycles. The summed E-state index contributed by atoms with van der Waals surface area (Å²) >= 11 is 0. The number of likely N-dealkylation sites (N-methyl/N-ethyl adjacent to an activating group) is 2. The number of hydrogen-bond donors (Lipinski definition) is 1. The topological polar surface area (TPSA) is 86.8 Å². The summed E-state index contributed by atoms with van der Waals surface area (Å²) in [5.74, 6) is -0.667. The van der Waals surface area contributed by atoms with Crippen molar-refractivity contribution in [3.63, 3.8) is 0 Å². The van der Waals surface area contributed by atoms with Crippen LogP contribution < -0.4 is 9.62 Å². The first kappa shape index (κ1) is 25.0. The van der Waals surface area contributed by atoms with Crippen molar-refractivity contribution >= 4 is 27.5 Å². The number of nitrogens with zero attached hydrogens (tertiary/aromatic N) is 2. The van der Waals surface area contributed by atoms with Crippen molar-refractivity contribution in [1.29, 1.82) is 0 Å². The van der Waals surface area contributed by atoms with Gasteiger partial charge in [-0.3, -0.25) is 13.9 Å². The molecule has 0 bridgehead atoms. The van der Waals surface area contributed by atoms with E-state index in [-0.39, 0.29) is 29.5 Å². The molecule has 0 fully saturated rings. The second-order valence-electron chi connectivity index (χ2n) is 7.63. The summed E-state index contributed by atoms with van der Waals surface area (Å²) < 4.78 is 28.8. The zero-order valence-corrected chi connectivity index (χ0v) is 20.2. The Labute approximate surface area is 201 Å². The molecule has 8 heteroatoms. The summed E-state index contributed by atoms with van der Waals surface area (Å²) in [7, 11) is -3.99. The maximum Gasteiger partial charge on any atom is 0.264 e. The molecule has 0 aliphatic heterocycles. The lowest BCUT2D eigenvalue weighted by molar-refractivity contribution is -0.121. The molecule has 0 atom stereocenters. The lowest BCUT2D eigenvalue weighted by Crippen LogP contribution is -2.40. The van der Waals surface area contributed by atoms with Crippen molar-refractivity contribution < 1.29 is 18.0 Å². The highest BCUT2D eigenvalue weighted by Crippen LogP contribution is 2.26. The second-order valence-corrected chi connectivity index (χ2v) is 9.50. The first-order valence-electron chi connectivity index (χ1n) is 11.1. The minimum Gasteiger partial charge on any atom is -0.355 e. The van der Waals surface area contributed by atoms with Crippen molar-refractivity contribution in [2.75, 3.05) is 23.9 Å². The number of nitrogens with one attached hydrogen (secondary N) is 1. The van der Waals surface area contributed by atoms with Gasteiger partial charge >= 0.3 is 0 Å². The van der Waals surface area contributed by atoms with Gasteiger partial charge in [-0.1, -0.05) is 54.6 Å². The first-order chi connectivity index (χ1) is 16.4. The third-order valence-electron chi connectivity index (χ3n) is 5.26. The van der Waals surface area contributed by atoms with Gasteiger partial charge in [-0.15, -0.1) is 0 Å². The van der Waals surface area contributed by atoms with Crippen molar-refractivity contribution in [2.45, 2.75) is 25.3 Å². The minimum absolute atomic E-state index is 0.00666. The fraction of sp³-hybridized carbons (Fsp3) is 0.231. The van der Waals surface area contributed by atoms with Crippen LogP contribution in [-0.2, 0) is 21.4 Å². The Balaban J connectivity index is 1.96. The van der Waals surface area contributed by atoms with Crippen LogP contribution in [0.1, 0.15) is 29.8 Å². The van der Waals surface area contributed by atoms with Gasteiger partial charge in [-0.25, -0.2) is 8.42 Å². The Kier molecular flexibility index (Phi) is 8.43. The fourth-order valence-corrected chi connectivity index (χ4v) is 5.01. The van der Waals surface area contributed by atoms with E-state index in [0.29, 0.717) is 18.8 Å². The van der Waals surface area contributed by atoms with E-state index in [9.17, 15) is 18.0 Å². The molecule has 34 heavy (non-hydrogen) atoms. The quantitative estimate of drug-likeness (QED) is 0.481. The number of carbonyl (C=O) groups is 2. The molecular formula is C26H29N3O4S. The zero-order chi connectivity index (χ0) is 24.6. The second kappa shape index (κ2) is 11.5. The molecule has 3 rings (SSSR count). The van der Waals surface area contributed by atoms with E-state index >= 15 is 0 Å². The Morgan fingerprint density at radius 2 is 1.50 bits per heavy atom. The summed E-state index contributed by atoms with van der Waals surface area (Å²) in [5.41, 5.74) is 1.57. The number of sulfonamides is 1. The molecule has 0 aliphatic rings. The van der Waals surface area contributed by atoms with Gasteiger partial charge in [0.1, 0.15) is 0 Å². The summed E-state index contributed by atoms with van der Waals surface area (Å²) in [6.45, 7) is 4.41. The van der Waals surface area contributed by atoms with Crippen molar-refractivity contribution in [3.05, 3.63) is 96.1 Å². The van der Waals surface area contributed by atoms with Gasteiger partial charge in [0.2, 0.25) is 5.91 Å². The third-order valence-corrected chi connectivity index (χ3v) is 7.03. The number of anilines is 1. The van der Waals surface area contributed by atoms with Crippen LogP contribution in [0.3, 0.4) is 0 Å². The van der Waals surface area contributed by atoms with Crippen LogP contribution in [0.15, 0.2) is 89.8 Å². The Morgan fingerprint density at radius 3 is 2.12 bits per heavy atom. The standard InChI is InChI=1S/C26H29N3O4S/c1-3-27-25(30)20-28(4-2)26(31)22-14-11-17-24(18-22)34(32,33)29(23-15-9-6-10-16-23)19-21-12-7-5-8-13-21/h5-18H,3-4,19-20H2,1-2H3,(H,27,30). The van der Waals surface area contributed by atoms with Crippen molar-refractivity contribution in [1.82, 2.24) is 10.2 Å². The van der Waals surface area contributed by atoms with Crippen LogP contribution in [0.25, 0.3) is 0 Å². The van der Waals surface area contributed by atoms with E-state index in [2.05, 4.69) is 5.32 Å². The number of carbonyl (C=O) groups excluding carboxylic acids is 2. The number of rotatable bonds is 10. The highest BCUT2D eigenvalue weighted by Gasteiger charge is 2.27. The number of para-hydroxylation sites is 1. The molecular weight excluding hydrogens is 450 g/mol. The van der Waals surface area contributed by atoms with Crippen LogP contribution >= 0.6 is 0 Å². The molecule has 0 aromatic heterocycles. The van der Waals surface area contributed by atoms with Crippen LogP contribution in [0.4, 0.5) is 5.69 Å². The lowest BCUT2D eigenvalue weighted by Gasteiger charge is -2.25. The molecule has 178 valence electrons. The largest absolute Gasteiger partial charge is 0.355 e. The zero-order valence-electron chi connectivity index (χ0n) is 19.3. The molecule has 0 spiro atoms.